The predicted molar refractivity (Wildman–Crippen MR) is 128 cm³/mol. The highest BCUT2D eigenvalue weighted by Crippen LogP contribution is 2.21. The number of anilines is 1. The van der Waals surface area contributed by atoms with E-state index < -0.39 is 10.0 Å². The Bertz CT molecular complexity index is 999. The van der Waals surface area contributed by atoms with Crippen molar-refractivity contribution in [3.63, 3.8) is 0 Å². The molecule has 0 saturated carbocycles. The molecule has 1 aliphatic rings. The van der Waals surface area contributed by atoms with Gasteiger partial charge in [-0.05, 0) is 36.8 Å². The Kier molecular flexibility index (Phi) is 8.30. The molecule has 0 radical (unpaired) electrons. The summed E-state index contributed by atoms with van der Waals surface area (Å²) in [5.74, 6) is 0.496. The first-order valence-corrected chi connectivity index (χ1v) is 12.6. The SMILES string of the molecule is CCN(c1ccc(OCC(=O)N2CCN(C/C=C/c3ccccc3)CC2)cc1)S(C)(=O)=O. The van der Waals surface area contributed by atoms with Gasteiger partial charge in [-0.2, -0.15) is 0 Å². The third-order valence-corrected chi connectivity index (χ3v) is 6.64. The van der Waals surface area contributed by atoms with Crippen LogP contribution in [0.1, 0.15) is 12.5 Å². The third-order valence-electron chi connectivity index (χ3n) is 5.37. The fourth-order valence-corrected chi connectivity index (χ4v) is 4.61. The monoisotopic (exact) mass is 457 g/mol. The largest absolute Gasteiger partial charge is 0.484 e. The summed E-state index contributed by atoms with van der Waals surface area (Å²) in [6, 6.07) is 17.0. The molecule has 1 amide bonds. The molecule has 172 valence electrons. The maximum atomic E-state index is 12.5. The van der Waals surface area contributed by atoms with E-state index in [1.54, 1.807) is 31.2 Å². The van der Waals surface area contributed by atoms with E-state index in [1.165, 1.54) is 16.1 Å². The lowest BCUT2D eigenvalue weighted by Gasteiger charge is -2.34. The molecule has 3 rings (SSSR count). The Hall–Kier alpha value is -2.84. The summed E-state index contributed by atoms with van der Waals surface area (Å²) in [7, 11) is -3.32. The van der Waals surface area contributed by atoms with Crippen molar-refractivity contribution in [3.8, 4) is 5.75 Å². The van der Waals surface area contributed by atoms with Gasteiger partial charge < -0.3 is 9.64 Å². The molecular formula is C24H31N3O4S. The minimum Gasteiger partial charge on any atom is -0.484 e. The molecule has 0 unspecified atom stereocenters. The lowest BCUT2D eigenvalue weighted by atomic mass is 10.2. The van der Waals surface area contributed by atoms with Crippen LogP contribution in [0.15, 0.2) is 60.7 Å². The second kappa shape index (κ2) is 11.2. The van der Waals surface area contributed by atoms with Crippen molar-refractivity contribution in [2.75, 3.05) is 56.4 Å². The number of amides is 1. The molecule has 0 spiro atoms. The zero-order chi connectivity index (χ0) is 23.0. The van der Waals surface area contributed by atoms with E-state index in [-0.39, 0.29) is 12.5 Å². The molecular weight excluding hydrogens is 426 g/mol. The topological polar surface area (TPSA) is 70.2 Å². The van der Waals surface area contributed by atoms with Gasteiger partial charge in [-0.15, -0.1) is 0 Å². The summed E-state index contributed by atoms with van der Waals surface area (Å²) >= 11 is 0. The molecule has 0 bridgehead atoms. The van der Waals surface area contributed by atoms with E-state index in [4.69, 9.17) is 4.74 Å². The lowest BCUT2D eigenvalue weighted by Crippen LogP contribution is -2.49. The standard InChI is InChI=1S/C24H31N3O4S/c1-3-27(32(2,29)30)22-11-13-23(14-12-22)31-20-24(28)26-18-16-25(17-19-26)15-7-10-21-8-5-4-6-9-21/h4-14H,3,15-20H2,1-2H3/b10-7+. The van der Waals surface area contributed by atoms with Crippen LogP contribution in [0.2, 0.25) is 0 Å². The van der Waals surface area contributed by atoms with Gasteiger partial charge in [0.05, 0.1) is 11.9 Å². The zero-order valence-corrected chi connectivity index (χ0v) is 19.5. The zero-order valence-electron chi connectivity index (χ0n) is 18.7. The Morgan fingerprint density at radius 3 is 2.28 bits per heavy atom. The van der Waals surface area contributed by atoms with Crippen molar-refractivity contribution < 1.29 is 17.9 Å². The summed E-state index contributed by atoms with van der Waals surface area (Å²) in [5, 5.41) is 0. The van der Waals surface area contributed by atoms with Gasteiger partial charge in [-0.1, -0.05) is 42.5 Å². The van der Waals surface area contributed by atoms with Gasteiger partial charge in [0.2, 0.25) is 10.0 Å². The number of nitrogens with zero attached hydrogens (tertiary/aromatic N) is 3. The van der Waals surface area contributed by atoms with E-state index in [0.29, 0.717) is 31.1 Å². The maximum absolute atomic E-state index is 12.5. The van der Waals surface area contributed by atoms with E-state index >= 15 is 0 Å². The first-order valence-electron chi connectivity index (χ1n) is 10.8. The van der Waals surface area contributed by atoms with Crippen molar-refractivity contribution in [2.24, 2.45) is 0 Å². The molecule has 32 heavy (non-hydrogen) atoms. The number of ether oxygens (including phenoxy) is 1. The number of benzene rings is 2. The summed E-state index contributed by atoms with van der Waals surface area (Å²) in [4.78, 5) is 16.7. The van der Waals surface area contributed by atoms with Crippen molar-refractivity contribution >= 4 is 27.7 Å². The summed E-state index contributed by atoms with van der Waals surface area (Å²) in [6.45, 7) is 5.99. The van der Waals surface area contributed by atoms with Crippen LogP contribution in [0.4, 0.5) is 5.69 Å². The van der Waals surface area contributed by atoms with E-state index in [2.05, 4.69) is 29.2 Å². The Balaban J connectivity index is 1.42. The van der Waals surface area contributed by atoms with Gasteiger partial charge in [-0.3, -0.25) is 14.0 Å². The Labute approximate surface area is 190 Å². The normalized spacial score (nSPS) is 15.1. The number of hydrogen-bond acceptors (Lipinski definition) is 5. The Morgan fingerprint density at radius 2 is 1.69 bits per heavy atom. The molecule has 2 aromatic carbocycles. The van der Waals surface area contributed by atoms with Gasteiger partial charge in [0.25, 0.3) is 5.91 Å². The second-order valence-electron chi connectivity index (χ2n) is 7.70. The van der Waals surface area contributed by atoms with Crippen molar-refractivity contribution in [1.29, 1.82) is 0 Å². The fraction of sp³-hybridized carbons (Fsp3) is 0.375. The average molecular weight is 458 g/mol. The number of sulfonamides is 1. The van der Waals surface area contributed by atoms with Gasteiger partial charge in [-0.25, -0.2) is 8.42 Å². The number of carbonyl (C=O) groups is 1. The highest BCUT2D eigenvalue weighted by Gasteiger charge is 2.21. The number of piperazine rings is 1. The number of hydrogen-bond donors (Lipinski definition) is 0. The molecule has 2 aromatic rings. The summed E-state index contributed by atoms with van der Waals surface area (Å²) < 4.78 is 30.6. The van der Waals surface area contributed by atoms with Crippen LogP contribution in [-0.2, 0) is 14.8 Å². The molecule has 1 fully saturated rings. The smallest absolute Gasteiger partial charge is 0.260 e. The Morgan fingerprint density at radius 1 is 1.03 bits per heavy atom. The van der Waals surface area contributed by atoms with E-state index in [1.807, 2.05) is 23.1 Å². The summed E-state index contributed by atoms with van der Waals surface area (Å²) in [6.07, 6.45) is 5.45. The van der Waals surface area contributed by atoms with Gasteiger partial charge in [0, 0.05) is 39.3 Å². The number of carbonyl (C=O) groups excluding carboxylic acids is 1. The highest BCUT2D eigenvalue weighted by atomic mass is 32.2. The minimum absolute atomic E-state index is 0.0309. The average Bonchev–Trinajstić information content (AvgIpc) is 2.79. The van der Waals surface area contributed by atoms with Crippen LogP contribution in [0.25, 0.3) is 6.08 Å². The summed E-state index contributed by atoms with van der Waals surface area (Å²) in [5.41, 5.74) is 1.76. The van der Waals surface area contributed by atoms with Crippen molar-refractivity contribution in [3.05, 3.63) is 66.2 Å². The lowest BCUT2D eigenvalue weighted by molar-refractivity contribution is -0.135. The van der Waals surface area contributed by atoms with Crippen LogP contribution < -0.4 is 9.04 Å². The second-order valence-corrected chi connectivity index (χ2v) is 9.61. The molecule has 7 nitrogen and oxygen atoms in total. The minimum atomic E-state index is -3.32. The van der Waals surface area contributed by atoms with Gasteiger partial charge >= 0.3 is 0 Å². The van der Waals surface area contributed by atoms with E-state index in [9.17, 15) is 13.2 Å². The van der Waals surface area contributed by atoms with Crippen LogP contribution in [0.3, 0.4) is 0 Å². The molecule has 1 aliphatic heterocycles. The molecule has 0 aromatic heterocycles. The molecule has 0 N–H and O–H groups in total. The quantitative estimate of drug-likeness (QED) is 0.579. The van der Waals surface area contributed by atoms with Gasteiger partial charge in [0.1, 0.15) is 5.75 Å². The fourth-order valence-electron chi connectivity index (χ4n) is 3.64. The van der Waals surface area contributed by atoms with Crippen LogP contribution in [0.5, 0.6) is 5.75 Å². The molecule has 1 heterocycles. The highest BCUT2D eigenvalue weighted by molar-refractivity contribution is 7.92. The molecule has 0 atom stereocenters. The third kappa shape index (κ3) is 6.83. The van der Waals surface area contributed by atoms with Crippen LogP contribution >= 0.6 is 0 Å². The number of rotatable bonds is 9. The van der Waals surface area contributed by atoms with Gasteiger partial charge in [0.15, 0.2) is 6.61 Å². The molecule has 0 aliphatic carbocycles. The van der Waals surface area contributed by atoms with Crippen LogP contribution in [0, 0.1) is 0 Å². The molecule has 1 saturated heterocycles. The van der Waals surface area contributed by atoms with Crippen LogP contribution in [-0.4, -0.2) is 76.3 Å². The molecule has 8 heteroatoms. The maximum Gasteiger partial charge on any atom is 0.260 e. The van der Waals surface area contributed by atoms with Crippen molar-refractivity contribution in [1.82, 2.24) is 9.80 Å². The first-order chi connectivity index (χ1) is 15.4. The first kappa shape index (κ1) is 23.8. The predicted octanol–water partition coefficient (Wildman–Crippen LogP) is 2.71. The van der Waals surface area contributed by atoms with Crippen molar-refractivity contribution in [2.45, 2.75) is 6.92 Å². The van der Waals surface area contributed by atoms with E-state index in [0.717, 1.165) is 19.6 Å².